The minimum atomic E-state index is -0.516. The van der Waals surface area contributed by atoms with Crippen LogP contribution in [0, 0.1) is 11.7 Å². The number of urea groups is 1. The average molecular weight is 528 g/mol. The van der Waals surface area contributed by atoms with Gasteiger partial charge in [-0.05, 0) is 67.8 Å². The maximum atomic E-state index is 13.4. The van der Waals surface area contributed by atoms with Crippen molar-refractivity contribution < 1.29 is 18.7 Å². The van der Waals surface area contributed by atoms with E-state index in [9.17, 15) is 9.18 Å². The van der Waals surface area contributed by atoms with Crippen LogP contribution in [0.25, 0.3) is 11.3 Å². The van der Waals surface area contributed by atoms with Crippen LogP contribution >= 0.6 is 11.6 Å². The van der Waals surface area contributed by atoms with E-state index >= 15 is 0 Å². The number of aromatic nitrogens is 2. The molecule has 37 heavy (non-hydrogen) atoms. The molecule has 2 amide bonds. The van der Waals surface area contributed by atoms with Crippen molar-refractivity contribution in [3.8, 4) is 22.8 Å². The van der Waals surface area contributed by atoms with E-state index < -0.39 is 5.82 Å². The summed E-state index contributed by atoms with van der Waals surface area (Å²) in [6.07, 6.45) is 2.13. The number of carbonyl (C=O) groups is 1. The number of piperidine rings is 3. The first kappa shape index (κ1) is 25.4. The lowest BCUT2D eigenvalue weighted by Crippen LogP contribution is -2.56. The third-order valence-corrected chi connectivity index (χ3v) is 7.82. The molecule has 10 heteroatoms. The predicted molar refractivity (Wildman–Crippen MR) is 141 cm³/mol. The molecule has 4 heterocycles. The van der Waals surface area contributed by atoms with Gasteiger partial charge >= 0.3 is 6.03 Å². The summed E-state index contributed by atoms with van der Waals surface area (Å²) in [6, 6.07) is 12.1. The molecule has 1 aromatic heterocycles. The first-order valence-corrected chi connectivity index (χ1v) is 12.7. The quantitative estimate of drug-likeness (QED) is 0.457. The van der Waals surface area contributed by atoms with Crippen molar-refractivity contribution in [3.63, 3.8) is 0 Å². The van der Waals surface area contributed by atoms with Crippen molar-refractivity contribution in [2.24, 2.45) is 13.0 Å². The van der Waals surface area contributed by atoms with Gasteiger partial charge in [0.1, 0.15) is 5.82 Å². The predicted octanol–water partition coefficient (Wildman–Crippen LogP) is 4.90. The van der Waals surface area contributed by atoms with Crippen molar-refractivity contribution >= 4 is 23.3 Å². The topological polar surface area (TPSA) is 80.7 Å². The van der Waals surface area contributed by atoms with Gasteiger partial charge in [-0.2, -0.15) is 5.10 Å². The van der Waals surface area contributed by atoms with Crippen LogP contribution in [-0.4, -0.2) is 60.6 Å². The molecule has 3 fully saturated rings. The Morgan fingerprint density at radius 2 is 1.97 bits per heavy atom. The molecule has 0 spiro atoms. The molecule has 3 aromatic rings. The van der Waals surface area contributed by atoms with Crippen LogP contribution in [0.5, 0.6) is 11.5 Å². The Labute approximate surface area is 220 Å². The summed E-state index contributed by atoms with van der Waals surface area (Å²) in [5.74, 6) is 1.75. The third-order valence-electron chi connectivity index (χ3n) is 7.53. The van der Waals surface area contributed by atoms with Crippen LogP contribution in [0.2, 0.25) is 5.02 Å². The Morgan fingerprint density at radius 1 is 1.16 bits per heavy atom. The van der Waals surface area contributed by atoms with E-state index in [2.05, 4.69) is 21.6 Å². The van der Waals surface area contributed by atoms with Crippen molar-refractivity contribution in [2.75, 3.05) is 39.2 Å². The fraction of sp³-hybridized carbons (Fsp3) is 0.407. The molecule has 2 N–H and O–H groups in total. The molecule has 4 atom stereocenters. The monoisotopic (exact) mass is 527 g/mol. The normalized spacial score (nSPS) is 22.5. The molecular formula is C27H31ClFN5O3. The lowest BCUT2D eigenvalue weighted by atomic mass is 9.74. The molecule has 3 saturated heterocycles. The van der Waals surface area contributed by atoms with Gasteiger partial charge in [-0.3, -0.25) is 9.58 Å². The third kappa shape index (κ3) is 5.24. The summed E-state index contributed by atoms with van der Waals surface area (Å²) < 4.78 is 26.2. The first-order chi connectivity index (χ1) is 17.9. The van der Waals surface area contributed by atoms with Crippen LogP contribution < -0.4 is 20.1 Å². The summed E-state index contributed by atoms with van der Waals surface area (Å²) in [5, 5.41) is 10.5. The Bertz CT molecular complexity index is 1300. The van der Waals surface area contributed by atoms with Gasteiger partial charge in [0.2, 0.25) is 0 Å². The number of hydrogen-bond acceptors (Lipinski definition) is 5. The number of ether oxygens (including phenoxy) is 2. The lowest BCUT2D eigenvalue weighted by molar-refractivity contribution is 0.0296. The zero-order chi connectivity index (χ0) is 26.1. The second-order valence-corrected chi connectivity index (χ2v) is 10.1. The summed E-state index contributed by atoms with van der Waals surface area (Å²) in [5.41, 5.74) is 3.56. The molecule has 1 unspecified atom stereocenters. The number of rotatable bonds is 7. The zero-order valence-corrected chi connectivity index (χ0v) is 21.9. The second-order valence-electron chi connectivity index (χ2n) is 9.65. The van der Waals surface area contributed by atoms with Crippen molar-refractivity contribution in [1.82, 2.24) is 20.0 Å². The number of amides is 2. The highest BCUT2D eigenvalue weighted by Crippen LogP contribution is 2.42. The van der Waals surface area contributed by atoms with Crippen molar-refractivity contribution in [3.05, 3.63) is 59.0 Å². The van der Waals surface area contributed by atoms with E-state index in [0.717, 1.165) is 37.2 Å². The van der Waals surface area contributed by atoms with Crippen LogP contribution in [0.4, 0.5) is 14.9 Å². The van der Waals surface area contributed by atoms with Crippen LogP contribution in [0.1, 0.15) is 24.5 Å². The number of benzene rings is 2. The molecule has 0 saturated carbocycles. The average Bonchev–Trinajstić information content (AvgIpc) is 3.30. The second kappa shape index (κ2) is 10.6. The minimum absolute atomic E-state index is 0.0241. The Kier molecular flexibility index (Phi) is 7.26. The maximum Gasteiger partial charge on any atom is 0.319 e. The fourth-order valence-electron chi connectivity index (χ4n) is 5.61. The number of aryl methyl sites for hydroxylation is 1. The molecule has 2 aromatic carbocycles. The molecule has 0 aliphatic carbocycles. The van der Waals surface area contributed by atoms with E-state index in [4.69, 9.17) is 26.2 Å². The Morgan fingerprint density at radius 3 is 2.68 bits per heavy atom. The molecule has 8 nitrogen and oxygen atoms in total. The van der Waals surface area contributed by atoms with Gasteiger partial charge in [-0.25, -0.2) is 9.18 Å². The molecule has 2 bridgehead atoms. The SMILES string of the molecule is COc1ccc(-c2cc([C@@H]3CN4CC[C@H]3C[C@@H]4CNC(=O)Nc3ccc(F)c(Cl)c3)n(C)n2)cc1OC. The fourth-order valence-corrected chi connectivity index (χ4v) is 5.79. The number of carbonyl (C=O) groups excluding carboxylic acids is 1. The largest absolute Gasteiger partial charge is 0.493 e. The highest BCUT2D eigenvalue weighted by molar-refractivity contribution is 6.31. The number of hydrogen-bond donors (Lipinski definition) is 2. The Hall–Kier alpha value is -3.30. The van der Waals surface area contributed by atoms with Crippen molar-refractivity contribution in [1.29, 1.82) is 0 Å². The number of anilines is 1. The maximum absolute atomic E-state index is 13.4. The lowest BCUT2D eigenvalue weighted by Gasteiger charge is -2.49. The summed E-state index contributed by atoms with van der Waals surface area (Å²) in [6.45, 7) is 2.49. The van der Waals surface area contributed by atoms with Gasteiger partial charge in [0, 0.05) is 49.0 Å². The van der Waals surface area contributed by atoms with Gasteiger partial charge < -0.3 is 20.1 Å². The number of nitrogens with zero attached hydrogens (tertiary/aromatic N) is 3. The summed E-state index contributed by atoms with van der Waals surface area (Å²) in [4.78, 5) is 14.9. The van der Waals surface area contributed by atoms with E-state index in [-0.39, 0.29) is 17.1 Å². The van der Waals surface area contributed by atoms with Crippen LogP contribution in [-0.2, 0) is 7.05 Å². The van der Waals surface area contributed by atoms with Gasteiger partial charge in [0.15, 0.2) is 11.5 Å². The smallest absolute Gasteiger partial charge is 0.319 e. The minimum Gasteiger partial charge on any atom is -0.493 e. The van der Waals surface area contributed by atoms with Crippen molar-refractivity contribution in [2.45, 2.75) is 24.8 Å². The van der Waals surface area contributed by atoms with Gasteiger partial charge in [-0.1, -0.05) is 11.6 Å². The van der Waals surface area contributed by atoms with E-state index in [1.54, 1.807) is 14.2 Å². The first-order valence-electron chi connectivity index (χ1n) is 12.4. The van der Waals surface area contributed by atoms with Gasteiger partial charge in [0.05, 0.1) is 24.9 Å². The number of fused-ring (bicyclic) bond motifs is 3. The van der Waals surface area contributed by atoms with E-state index in [1.807, 2.05) is 29.9 Å². The number of methoxy groups -OCH3 is 2. The molecular weight excluding hydrogens is 497 g/mol. The molecule has 3 aliphatic rings. The summed E-state index contributed by atoms with van der Waals surface area (Å²) >= 11 is 5.81. The molecule has 0 radical (unpaired) electrons. The number of nitrogens with one attached hydrogen (secondary N) is 2. The molecule has 6 rings (SSSR count). The molecule has 3 aliphatic heterocycles. The van der Waals surface area contributed by atoms with Gasteiger partial charge in [-0.15, -0.1) is 0 Å². The molecule has 196 valence electrons. The van der Waals surface area contributed by atoms with Crippen LogP contribution in [0.15, 0.2) is 42.5 Å². The van der Waals surface area contributed by atoms with E-state index in [1.165, 1.54) is 23.9 Å². The zero-order valence-electron chi connectivity index (χ0n) is 21.1. The van der Waals surface area contributed by atoms with Gasteiger partial charge in [0.25, 0.3) is 0 Å². The highest BCUT2D eigenvalue weighted by Gasteiger charge is 2.41. The van der Waals surface area contributed by atoms with Crippen LogP contribution in [0.3, 0.4) is 0 Å². The standard InChI is InChI=1S/C27H31ClFN5O3/c1-33-24(13-23(32-33)17-4-7-25(36-2)26(11-17)37-3)20-15-34-9-8-16(20)10-19(34)14-30-27(35)31-18-5-6-22(29)21(28)12-18/h4-7,11-13,16,19-20H,8-10,14-15H2,1-3H3,(H2,30,31,35)/t16-,19+,20+/m0/s1. The summed E-state index contributed by atoms with van der Waals surface area (Å²) in [7, 11) is 5.26. The number of halogens is 2. The highest BCUT2D eigenvalue weighted by atomic mass is 35.5. The Balaban J connectivity index is 1.22. The van der Waals surface area contributed by atoms with E-state index in [0.29, 0.717) is 35.6 Å².